The third kappa shape index (κ3) is 3.80. The first-order valence-corrected chi connectivity index (χ1v) is 13.7. The maximum atomic E-state index is 13.3. The van der Waals surface area contributed by atoms with Gasteiger partial charge in [0.15, 0.2) is 0 Å². The number of amides is 4. The third-order valence-corrected chi connectivity index (χ3v) is 9.82. The van der Waals surface area contributed by atoms with Crippen molar-refractivity contribution in [3.8, 4) is 0 Å². The average molecular weight is 523 g/mol. The van der Waals surface area contributed by atoms with Crippen LogP contribution in [0.3, 0.4) is 0 Å². The summed E-state index contributed by atoms with van der Waals surface area (Å²) in [5, 5.41) is 5.21. The summed E-state index contributed by atoms with van der Waals surface area (Å²) in [6.07, 6.45) is 2.17. The van der Waals surface area contributed by atoms with Crippen LogP contribution in [0.4, 0.5) is 4.79 Å². The molecular formula is C22H23ClN4O5S2. The zero-order valence-electron chi connectivity index (χ0n) is 18.2. The van der Waals surface area contributed by atoms with Crippen molar-refractivity contribution in [3.05, 3.63) is 51.2 Å². The molecule has 1 N–H and O–H groups in total. The monoisotopic (exact) mass is 522 g/mol. The van der Waals surface area contributed by atoms with Gasteiger partial charge in [0.2, 0.25) is 15.9 Å². The second kappa shape index (κ2) is 8.63. The summed E-state index contributed by atoms with van der Waals surface area (Å²) in [4.78, 5) is 42.7. The Bertz CT molecular complexity index is 1250. The second-order valence-corrected chi connectivity index (χ2v) is 12.0. The summed E-state index contributed by atoms with van der Waals surface area (Å²) in [7, 11) is -3.70. The number of imide groups is 1. The summed E-state index contributed by atoms with van der Waals surface area (Å²) in [5.41, 5.74) is -0.255. The molecule has 1 aromatic carbocycles. The number of nitrogens with one attached hydrogen (secondary N) is 1. The van der Waals surface area contributed by atoms with E-state index in [1.165, 1.54) is 33.5 Å². The molecule has 1 atom stereocenters. The lowest BCUT2D eigenvalue weighted by Crippen LogP contribution is -2.53. The fourth-order valence-electron chi connectivity index (χ4n) is 4.85. The fourth-order valence-corrected chi connectivity index (χ4v) is 7.40. The molecule has 3 aliphatic rings. The van der Waals surface area contributed by atoms with Gasteiger partial charge >= 0.3 is 6.03 Å². The van der Waals surface area contributed by atoms with Gasteiger partial charge in [-0.05, 0) is 55.0 Å². The van der Waals surface area contributed by atoms with E-state index < -0.39 is 27.5 Å². The Kier molecular flexibility index (Phi) is 5.91. The molecule has 2 saturated heterocycles. The van der Waals surface area contributed by atoms with Gasteiger partial charge in [-0.15, -0.1) is 11.3 Å². The third-order valence-electron chi connectivity index (χ3n) is 6.67. The van der Waals surface area contributed by atoms with E-state index in [9.17, 15) is 22.8 Å². The summed E-state index contributed by atoms with van der Waals surface area (Å²) in [5.74, 6) is -0.778. The van der Waals surface area contributed by atoms with E-state index in [-0.39, 0.29) is 43.5 Å². The van der Waals surface area contributed by atoms with Crippen molar-refractivity contribution >= 4 is 50.8 Å². The number of benzene rings is 1. The van der Waals surface area contributed by atoms with Crippen LogP contribution in [-0.2, 0) is 31.6 Å². The van der Waals surface area contributed by atoms with E-state index in [4.69, 9.17) is 11.6 Å². The predicted octanol–water partition coefficient (Wildman–Crippen LogP) is 2.02. The van der Waals surface area contributed by atoms with Crippen LogP contribution in [0.25, 0.3) is 0 Å². The molecule has 1 aromatic heterocycles. The van der Waals surface area contributed by atoms with Gasteiger partial charge in [-0.25, -0.2) is 13.2 Å². The van der Waals surface area contributed by atoms with Gasteiger partial charge in [0.1, 0.15) is 12.1 Å². The number of piperazine rings is 1. The van der Waals surface area contributed by atoms with Gasteiger partial charge in [0.25, 0.3) is 5.91 Å². The lowest BCUT2D eigenvalue weighted by Gasteiger charge is -2.34. The summed E-state index contributed by atoms with van der Waals surface area (Å²) in [6.45, 7) is 0.234. The van der Waals surface area contributed by atoms with Gasteiger partial charge in [-0.2, -0.15) is 4.31 Å². The second-order valence-electron chi connectivity index (χ2n) is 8.58. The number of halogens is 1. The molecule has 0 unspecified atom stereocenters. The first-order chi connectivity index (χ1) is 16.2. The minimum atomic E-state index is -3.70. The van der Waals surface area contributed by atoms with Crippen LogP contribution >= 0.6 is 22.9 Å². The zero-order chi connectivity index (χ0) is 24.1. The normalized spacial score (nSPS) is 23.3. The number of carbonyl (C=O) groups is 3. The standard InChI is InChI=1S/C22H23ClN4O5S2/c23-15-3-5-16(6-4-15)34(31,32)26-11-9-25(10-12-26)19(28)14-27-20(29)22(24-21(27)30)8-1-2-18-17(22)7-13-33-18/h3-7,13H,1-2,8-12,14H2,(H,24,30)/t22-/m1/s1. The molecule has 3 heterocycles. The molecule has 180 valence electrons. The van der Waals surface area contributed by atoms with Gasteiger partial charge in [0.05, 0.1) is 4.90 Å². The number of thiophene rings is 1. The number of rotatable bonds is 4. The molecule has 0 radical (unpaired) electrons. The van der Waals surface area contributed by atoms with E-state index >= 15 is 0 Å². The molecule has 0 bridgehead atoms. The van der Waals surface area contributed by atoms with Crippen molar-refractivity contribution in [2.24, 2.45) is 0 Å². The Labute approximate surface area is 206 Å². The summed E-state index contributed by atoms with van der Waals surface area (Å²) < 4.78 is 27.1. The first-order valence-electron chi connectivity index (χ1n) is 11.0. The summed E-state index contributed by atoms with van der Waals surface area (Å²) >= 11 is 7.42. The Morgan fingerprint density at radius 3 is 2.50 bits per heavy atom. The van der Waals surface area contributed by atoms with Gasteiger partial charge in [-0.1, -0.05) is 11.6 Å². The SMILES string of the molecule is O=C(CN1C(=O)N[C@@]2(CCCc3sccc32)C1=O)N1CCN(S(=O)(=O)c2ccc(Cl)cc2)CC1. The van der Waals surface area contributed by atoms with Crippen LogP contribution in [0.5, 0.6) is 0 Å². The van der Waals surface area contributed by atoms with Crippen LogP contribution in [-0.4, -0.2) is 73.1 Å². The molecular weight excluding hydrogens is 500 g/mol. The molecule has 2 aliphatic heterocycles. The van der Waals surface area contributed by atoms with E-state index in [1.807, 2.05) is 11.4 Å². The molecule has 1 spiro atoms. The van der Waals surface area contributed by atoms with E-state index in [2.05, 4.69) is 5.32 Å². The minimum Gasteiger partial charge on any atom is -0.338 e. The van der Waals surface area contributed by atoms with Crippen molar-refractivity contribution in [2.45, 2.75) is 29.7 Å². The number of sulfonamides is 1. The molecule has 2 aromatic rings. The predicted molar refractivity (Wildman–Crippen MR) is 126 cm³/mol. The maximum absolute atomic E-state index is 13.3. The van der Waals surface area contributed by atoms with Crippen LogP contribution < -0.4 is 5.32 Å². The van der Waals surface area contributed by atoms with Crippen LogP contribution in [0.1, 0.15) is 23.3 Å². The van der Waals surface area contributed by atoms with E-state index in [1.54, 1.807) is 11.3 Å². The molecule has 12 heteroatoms. The van der Waals surface area contributed by atoms with Crippen LogP contribution in [0.15, 0.2) is 40.6 Å². The largest absolute Gasteiger partial charge is 0.338 e. The van der Waals surface area contributed by atoms with Crippen molar-refractivity contribution in [2.75, 3.05) is 32.7 Å². The first kappa shape index (κ1) is 23.3. The average Bonchev–Trinajstić information content (AvgIpc) is 3.40. The Morgan fingerprint density at radius 2 is 1.79 bits per heavy atom. The number of hydrogen-bond donors (Lipinski definition) is 1. The Hall–Kier alpha value is -2.47. The zero-order valence-corrected chi connectivity index (χ0v) is 20.6. The number of nitrogens with zero attached hydrogens (tertiary/aromatic N) is 3. The summed E-state index contributed by atoms with van der Waals surface area (Å²) in [6, 6.07) is 7.25. The van der Waals surface area contributed by atoms with Crippen molar-refractivity contribution in [1.29, 1.82) is 0 Å². The van der Waals surface area contributed by atoms with Gasteiger partial charge < -0.3 is 10.2 Å². The number of carbonyl (C=O) groups excluding carboxylic acids is 3. The number of fused-ring (bicyclic) bond motifs is 2. The van der Waals surface area contributed by atoms with Crippen molar-refractivity contribution < 1.29 is 22.8 Å². The highest BCUT2D eigenvalue weighted by molar-refractivity contribution is 7.89. The van der Waals surface area contributed by atoms with Crippen molar-refractivity contribution in [1.82, 2.24) is 19.4 Å². The fraction of sp³-hybridized carbons (Fsp3) is 0.409. The molecule has 0 saturated carbocycles. The van der Waals surface area contributed by atoms with Crippen LogP contribution in [0, 0.1) is 0 Å². The van der Waals surface area contributed by atoms with E-state index in [0.717, 1.165) is 28.2 Å². The number of aryl methyl sites for hydroxylation is 1. The van der Waals surface area contributed by atoms with Crippen LogP contribution in [0.2, 0.25) is 5.02 Å². The molecule has 5 rings (SSSR count). The van der Waals surface area contributed by atoms with Gasteiger partial charge in [-0.3, -0.25) is 14.5 Å². The molecule has 34 heavy (non-hydrogen) atoms. The quantitative estimate of drug-likeness (QED) is 0.618. The minimum absolute atomic E-state index is 0.124. The van der Waals surface area contributed by atoms with E-state index in [0.29, 0.717) is 11.4 Å². The smallest absolute Gasteiger partial charge is 0.325 e. The Balaban J connectivity index is 1.24. The molecule has 2 fully saturated rings. The molecule has 4 amide bonds. The highest BCUT2D eigenvalue weighted by Crippen LogP contribution is 2.42. The number of hydrogen-bond acceptors (Lipinski definition) is 6. The highest BCUT2D eigenvalue weighted by Gasteiger charge is 2.54. The number of urea groups is 1. The van der Waals surface area contributed by atoms with Crippen molar-refractivity contribution in [3.63, 3.8) is 0 Å². The molecule has 9 nitrogen and oxygen atoms in total. The van der Waals surface area contributed by atoms with Gasteiger partial charge in [0, 0.05) is 41.6 Å². The lowest BCUT2D eigenvalue weighted by molar-refractivity contribution is -0.140. The maximum Gasteiger partial charge on any atom is 0.325 e. The Morgan fingerprint density at radius 1 is 1.09 bits per heavy atom. The topological polar surface area (TPSA) is 107 Å². The lowest BCUT2D eigenvalue weighted by atomic mass is 9.80. The molecule has 1 aliphatic carbocycles. The highest BCUT2D eigenvalue weighted by atomic mass is 35.5.